The number of carbonyl (C=O) groups is 1. The van der Waals surface area contributed by atoms with Gasteiger partial charge < -0.3 is 10.1 Å². The molecule has 0 spiro atoms. The van der Waals surface area contributed by atoms with Gasteiger partial charge >= 0.3 is 12.3 Å². The molecule has 1 N–H and O–H groups in total. The summed E-state index contributed by atoms with van der Waals surface area (Å²) in [5.74, 6) is 1.24. The number of rotatable bonds is 7. The van der Waals surface area contributed by atoms with Gasteiger partial charge in [-0.05, 0) is 79.3 Å². The summed E-state index contributed by atoms with van der Waals surface area (Å²) in [4.78, 5) is 26.9. The molecular weight excluding hydrogens is 515 g/mol. The third-order valence-corrected chi connectivity index (χ3v) is 7.74. The molecule has 6 nitrogen and oxygen atoms in total. The largest absolute Gasteiger partial charge is 0.435 e. The Hall–Kier alpha value is -3.66. The average molecular weight is 542 g/mol. The number of hydrogen-bond donors (Lipinski definition) is 1. The molecule has 0 saturated carbocycles. The molecule has 38 heavy (non-hydrogen) atoms. The highest BCUT2D eigenvalue weighted by molar-refractivity contribution is 7.99. The van der Waals surface area contributed by atoms with Crippen LogP contribution in [0.5, 0.6) is 5.75 Å². The lowest BCUT2D eigenvalue weighted by molar-refractivity contribution is -0.0498. The van der Waals surface area contributed by atoms with Crippen molar-refractivity contribution in [3.63, 3.8) is 0 Å². The number of alkyl halides is 2. The molecule has 0 unspecified atom stereocenters. The first-order chi connectivity index (χ1) is 18.2. The smallest absolute Gasteiger partial charge is 0.387 e. The molecule has 2 heterocycles. The van der Waals surface area contributed by atoms with Gasteiger partial charge in [0, 0.05) is 17.2 Å². The van der Waals surface area contributed by atoms with Crippen LogP contribution in [-0.4, -0.2) is 38.7 Å². The molecule has 198 valence electrons. The van der Waals surface area contributed by atoms with E-state index in [9.17, 15) is 22.8 Å². The highest BCUT2D eigenvalue weighted by Gasteiger charge is 2.29. The standard InChI is InChI=1S/C28H26F3N3O3S/c1-28(11-13-38-14-12-28)32-25(35)19-7-10-23-24(15-19)33(17-18-5-8-20(29)9-6-18)27(36)34(23)21-3-2-4-22(16-21)37-26(30)31/h2-10,15-16,26H,11-14,17H2,1H3,(H,32,35). The first-order valence-electron chi connectivity index (χ1n) is 12.2. The van der Waals surface area contributed by atoms with E-state index in [0.29, 0.717) is 27.8 Å². The number of benzene rings is 3. The van der Waals surface area contributed by atoms with E-state index in [-0.39, 0.29) is 23.7 Å². The summed E-state index contributed by atoms with van der Waals surface area (Å²) >= 11 is 1.87. The lowest BCUT2D eigenvalue weighted by Gasteiger charge is -2.34. The van der Waals surface area contributed by atoms with E-state index in [4.69, 9.17) is 0 Å². The van der Waals surface area contributed by atoms with Gasteiger partial charge in [-0.3, -0.25) is 13.9 Å². The molecule has 0 aliphatic carbocycles. The number of nitrogens with one attached hydrogen (secondary N) is 1. The second-order valence-electron chi connectivity index (χ2n) is 9.54. The number of halogens is 3. The van der Waals surface area contributed by atoms with Crippen molar-refractivity contribution in [1.29, 1.82) is 0 Å². The number of aromatic nitrogens is 2. The normalized spacial score (nSPS) is 15.1. The minimum absolute atomic E-state index is 0.0845. The van der Waals surface area contributed by atoms with Crippen molar-refractivity contribution in [2.45, 2.75) is 38.5 Å². The van der Waals surface area contributed by atoms with Gasteiger partial charge in [0.1, 0.15) is 11.6 Å². The van der Waals surface area contributed by atoms with E-state index >= 15 is 0 Å². The van der Waals surface area contributed by atoms with Gasteiger partial charge in [0.05, 0.1) is 23.3 Å². The van der Waals surface area contributed by atoms with Crippen molar-refractivity contribution in [1.82, 2.24) is 14.5 Å². The number of hydrogen-bond acceptors (Lipinski definition) is 4. The quantitative estimate of drug-likeness (QED) is 0.331. The summed E-state index contributed by atoms with van der Waals surface area (Å²) < 4.78 is 46.5. The van der Waals surface area contributed by atoms with E-state index in [0.717, 1.165) is 24.3 Å². The highest BCUT2D eigenvalue weighted by Crippen LogP contribution is 2.28. The van der Waals surface area contributed by atoms with Crippen LogP contribution in [0, 0.1) is 5.82 Å². The number of fused-ring (bicyclic) bond motifs is 1. The Kier molecular flexibility index (Phi) is 7.25. The fourth-order valence-electron chi connectivity index (χ4n) is 4.66. The van der Waals surface area contributed by atoms with Crippen LogP contribution in [0.1, 0.15) is 35.7 Å². The molecule has 3 aromatic carbocycles. The van der Waals surface area contributed by atoms with Crippen LogP contribution in [0.15, 0.2) is 71.5 Å². The lowest BCUT2D eigenvalue weighted by atomic mass is 9.94. The minimum Gasteiger partial charge on any atom is -0.435 e. The van der Waals surface area contributed by atoms with E-state index in [2.05, 4.69) is 10.1 Å². The minimum atomic E-state index is -3.01. The third-order valence-electron chi connectivity index (χ3n) is 6.76. The first kappa shape index (κ1) is 26.0. The van der Waals surface area contributed by atoms with Gasteiger partial charge in [-0.15, -0.1) is 0 Å². The molecule has 0 bridgehead atoms. The summed E-state index contributed by atoms with van der Waals surface area (Å²) in [7, 11) is 0. The van der Waals surface area contributed by atoms with Gasteiger partial charge in [0.25, 0.3) is 5.91 Å². The van der Waals surface area contributed by atoms with Crippen LogP contribution in [0.3, 0.4) is 0 Å². The highest BCUT2D eigenvalue weighted by atomic mass is 32.2. The number of amides is 1. The van der Waals surface area contributed by atoms with Crippen molar-refractivity contribution < 1.29 is 22.7 Å². The Labute approximate surface area is 221 Å². The van der Waals surface area contributed by atoms with Crippen molar-refractivity contribution in [3.05, 3.63) is 94.2 Å². The lowest BCUT2D eigenvalue weighted by Crippen LogP contribution is -2.48. The summed E-state index contributed by atoms with van der Waals surface area (Å²) in [5.41, 5.74) is 1.65. The Morgan fingerprint density at radius 3 is 2.50 bits per heavy atom. The zero-order chi connectivity index (χ0) is 26.9. The fourth-order valence-corrected chi connectivity index (χ4v) is 6.06. The number of imidazole rings is 1. The molecular formula is C28H26F3N3O3S. The van der Waals surface area contributed by atoms with Crippen molar-refractivity contribution in [3.8, 4) is 11.4 Å². The summed E-state index contributed by atoms with van der Waals surface area (Å²) in [6.07, 6.45) is 1.74. The molecule has 1 saturated heterocycles. The Balaban J connectivity index is 1.60. The predicted molar refractivity (Wildman–Crippen MR) is 142 cm³/mol. The molecule has 10 heteroatoms. The maximum atomic E-state index is 13.7. The topological polar surface area (TPSA) is 65.3 Å². The monoisotopic (exact) mass is 541 g/mol. The van der Waals surface area contributed by atoms with Crippen molar-refractivity contribution in [2.24, 2.45) is 0 Å². The fraction of sp³-hybridized carbons (Fsp3) is 0.286. The maximum Gasteiger partial charge on any atom is 0.387 e. The van der Waals surface area contributed by atoms with Crippen LogP contribution >= 0.6 is 11.8 Å². The maximum absolute atomic E-state index is 13.7. The Morgan fingerprint density at radius 1 is 1.05 bits per heavy atom. The second kappa shape index (κ2) is 10.6. The predicted octanol–water partition coefficient (Wildman–Crippen LogP) is 5.60. The van der Waals surface area contributed by atoms with Crippen LogP contribution in [0.2, 0.25) is 0 Å². The van der Waals surface area contributed by atoms with Crippen LogP contribution in [0.25, 0.3) is 16.7 Å². The summed E-state index contributed by atoms with van der Waals surface area (Å²) in [6, 6.07) is 16.6. The summed E-state index contributed by atoms with van der Waals surface area (Å²) in [5, 5.41) is 3.15. The molecule has 1 aromatic heterocycles. The van der Waals surface area contributed by atoms with Crippen LogP contribution in [-0.2, 0) is 6.54 Å². The van der Waals surface area contributed by atoms with Crippen LogP contribution < -0.4 is 15.7 Å². The van der Waals surface area contributed by atoms with E-state index < -0.39 is 18.1 Å². The van der Waals surface area contributed by atoms with Gasteiger partial charge in [-0.25, -0.2) is 9.18 Å². The van der Waals surface area contributed by atoms with E-state index in [1.54, 1.807) is 36.4 Å². The molecule has 1 amide bonds. The summed E-state index contributed by atoms with van der Waals surface area (Å²) in [6.45, 7) is -0.846. The Bertz CT molecular complexity index is 1530. The van der Waals surface area contributed by atoms with Gasteiger partial charge in [0.2, 0.25) is 0 Å². The zero-order valence-electron chi connectivity index (χ0n) is 20.6. The molecule has 0 radical (unpaired) electrons. The van der Waals surface area contributed by atoms with Gasteiger partial charge in [-0.1, -0.05) is 18.2 Å². The number of thioether (sulfide) groups is 1. The van der Waals surface area contributed by atoms with E-state index in [1.165, 1.54) is 39.5 Å². The molecule has 1 fully saturated rings. The molecule has 5 rings (SSSR count). The van der Waals surface area contributed by atoms with E-state index in [1.807, 2.05) is 18.7 Å². The van der Waals surface area contributed by atoms with Gasteiger partial charge in [-0.2, -0.15) is 20.5 Å². The Morgan fingerprint density at radius 2 is 1.79 bits per heavy atom. The van der Waals surface area contributed by atoms with Crippen LogP contribution in [0.4, 0.5) is 13.2 Å². The van der Waals surface area contributed by atoms with Gasteiger partial charge in [0.15, 0.2) is 0 Å². The molecule has 1 aliphatic heterocycles. The molecule has 1 aliphatic rings. The van der Waals surface area contributed by atoms with Crippen molar-refractivity contribution in [2.75, 3.05) is 11.5 Å². The average Bonchev–Trinajstić information content (AvgIpc) is 3.15. The molecule has 4 aromatic rings. The molecule has 0 atom stereocenters. The zero-order valence-corrected chi connectivity index (χ0v) is 21.4. The number of nitrogens with zero attached hydrogens (tertiary/aromatic N) is 2. The SMILES string of the molecule is CC1(NC(=O)c2ccc3c(c2)n(Cc2ccc(F)cc2)c(=O)n3-c2cccc(OC(F)F)c2)CCSCC1. The number of carbonyl (C=O) groups excluding carboxylic acids is 1. The van der Waals surface area contributed by atoms with Crippen molar-refractivity contribution >= 4 is 28.7 Å². The second-order valence-corrected chi connectivity index (χ2v) is 10.8. The first-order valence-corrected chi connectivity index (χ1v) is 13.3. The third kappa shape index (κ3) is 5.45. The number of ether oxygens (including phenoxy) is 1.